The fourth-order valence-electron chi connectivity index (χ4n) is 1.32. The van der Waals surface area contributed by atoms with E-state index in [1.807, 2.05) is 16.9 Å². The minimum atomic E-state index is 0.730. The lowest BCUT2D eigenvalue weighted by Gasteiger charge is -2.03. The van der Waals surface area contributed by atoms with Gasteiger partial charge in [-0.25, -0.2) is 0 Å². The van der Waals surface area contributed by atoms with Gasteiger partial charge in [0.1, 0.15) is 0 Å². The van der Waals surface area contributed by atoms with Gasteiger partial charge in [0, 0.05) is 26.4 Å². The van der Waals surface area contributed by atoms with E-state index in [9.17, 15) is 0 Å². The van der Waals surface area contributed by atoms with E-state index >= 15 is 0 Å². The number of nitrogens with zero attached hydrogens (tertiary/aromatic N) is 2. The second-order valence-electron chi connectivity index (χ2n) is 3.78. The smallest absolute Gasteiger partial charge is 0.0762 e. The Bertz CT molecular complexity index is 320. The highest BCUT2D eigenvalue weighted by Crippen LogP contribution is 2.02. The zero-order valence-electron chi connectivity index (χ0n) is 10.2. The Morgan fingerprint density at radius 2 is 2.44 bits per heavy atom. The summed E-state index contributed by atoms with van der Waals surface area (Å²) in [4.78, 5) is 0. The van der Waals surface area contributed by atoms with E-state index in [1.165, 1.54) is 5.57 Å². The van der Waals surface area contributed by atoms with Crippen LogP contribution in [0.25, 0.3) is 0 Å². The van der Waals surface area contributed by atoms with Gasteiger partial charge in [-0.2, -0.15) is 5.10 Å². The molecule has 0 unspecified atom stereocenters. The molecule has 1 heterocycles. The van der Waals surface area contributed by atoms with Crippen molar-refractivity contribution >= 4 is 0 Å². The van der Waals surface area contributed by atoms with E-state index in [1.54, 1.807) is 7.11 Å². The Kier molecular flexibility index (Phi) is 5.82. The van der Waals surface area contributed by atoms with E-state index in [2.05, 4.69) is 23.9 Å². The Morgan fingerprint density at radius 3 is 3.12 bits per heavy atom. The van der Waals surface area contributed by atoms with Crippen LogP contribution in [0.3, 0.4) is 0 Å². The minimum Gasteiger partial charge on any atom is -0.383 e. The molecule has 0 aliphatic carbocycles. The molecule has 1 N–H and O–H groups in total. The van der Waals surface area contributed by atoms with Crippen molar-refractivity contribution in [3.63, 3.8) is 0 Å². The molecule has 0 bridgehead atoms. The number of hydrogen-bond acceptors (Lipinski definition) is 3. The number of allylic oxidation sites excluding steroid dienone is 1. The van der Waals surface area contributed by atoms with Crippen molar-refractivity contribution in [1.29, 1.82) is 0 Å². The lowest BCUT2D eigenvalue weighted by molar-refractivity contribution is 0.199. The molecule has 4 heteroatoms. The van der Waals surface area contributed by atoms with E-state index in [-0.39, 0.29) is 0 Å². The predicted molar refractivity (Wildman–Crippen MR) is 65.2 cm³/mol. The second kappa shape index (κ2) is 7.19. The van der Waals surface area contributed by atoms with Gasteiger partial charge in [-0.05, 0) is 12.5 Å². The topological polar surface area (TPSA) is 39.1 Å². The van der Waals surface area contributed by atoms with E-state index in [4.69, 9.17) is 4.74 Å². The predicted octanol–water partition coefficient (Wildman–Crippen LogP) is 1.59. The Labute approximate surface area is 97.3 Å². The molecular formula is C12H21N3O. The lowest BCUT2D eigenvalue weighted by atomic mass is 10.2. The molecule has 0 radical (unpaired) electrons. The number of hydrogen-bond donors (Lipinski definition) is 1. The normalized spacial score (nSPS) is 10.6. The molecule has 0 saturated carbocycles. The van der Waals surface area contributed by atoms with Crippen LogP contribution >= 0.6 is 0 Å². The lowest BCUT2D eigenvalue weighted by Crippen LogP contribution is -2.19. The van der Waals surface area contributed by atoms with Crippen molar-refractivity contribution in [2.24, 2.45) is 0 Å². The first-order valence-electron chi connectivity index (χ1n) is 5.65. The molecule has 0 aliphatic rings. The van der Waals surface area contributed by atoms with Gasteiger partial charge in [0.2, 0.25) is 0 Å². The number of aromatic nitrogens is 2. The molecule has 0 spiro atoms. The van der Waals surface area contributed by atoms with Gasteiger partial charge in [-0.15, -0.1) is 0 Å². The molecule has 90 valence electrons. The van der Waals surface area contributed by atoms with Crippen LogP contribution in [0.2, 0.25) is 0 Å². The van der Waals surface area contributed by atoms with Crippen molar-refractivity contribution in [3.8, 4) is 0 Å². The summed E-state index contributed by atoms with van der Waals surface area (Å²) in [5.74, 6) is 0. The van der Waals surface area contributed by atoms with Gasteiger partial charge in [0.15, 0.2) is 0 Å². The summed E-state index contributed by atoms with van der Waals surface area (Å²) < 4.78 is 6.88. The van der Waals surface area contributed by atoms with Gasteiger partial charge in [0.25, 0.3) is 0 Å². The first-order valence-corrected chi connectivity index (χ1v) is 5.65. The van der Waals surface area contributed by atoms with Crippen LogP contribution in [0.15, 0.2) is 24.4 Å². The Morgan fingerprint density at radius 1 is 1.62 bits per heavy atom. The van der Waals surface area contributed by atoms with Crippen LogP contribution in [0.1, 0.15) is 19.0 Å². The number of methoxy groups -OCH3 is 1. The van der Waals surface area contributed by atoms with Crippen LogP contribution in [0.5, 0.6) is 0 Å². The third-order valence-electron chi connectivity index (χ3n) is 2.37. The maximum Gasteiger partial charge on any atom is 0.0762 e. The molecule has 0 fully saturated rings. The van der Waals surface area contributed by atoms with E-state index in [0.717, 1.165) is 38.4 Å². The highest BCUT2D eigenvalue weighted by molar-refractivity contribution is 5.01. The number of ether oxygens (including phenoxy) is 1. The zero-order chi connectivity index (χ0) is 11.8. The van der Waals surface area contributed by atoms with Gasteiger partial charge >= 0.3 is 0 Å². The average Bonchev–Trinajstić information content (AvgIpc) is 2.72. The number of rotatable bonds is 8. The summed E-state index contributed by atoms with van der Waals surface area (Å²) in [5, 5.41) is 7.71. The molecule has 0 aromatic carbocycles. The van der Waals surface area contributed by atoms with Crippen LogP contribution in [0, 0.1) is 0 Å². The highest BCUT2D eigenvalue weighted by Gasteiger charge is 1.99. The van der Waals surface area contributed by atoms with Crippen molar-refractivity contribution in [3.05, 3.63) is 30.1 Å². The molecule has 16 heavy (non-hydrogen) atoms. The summed E-state index contributed by atoms with van der Waals surface area (Å²) in [7, 11) is 1.70. The average molecular weight is 223 g/mol. The highest BCUT2D eigenvalue weighted by atomic mass is 16.5. The fraction of sp³-hybridized carbons (Fsp3) is 0.583. The fourth-order valence-corrected chi connectivity index (χ4v) is 1.32. The van der Waals surface area contributed by atoms with Gasteiger partial charge in [-0.1, -0.05) is 19.1 Å². The molecule has 0 aliphatic heterocycles. The summed E-state index contributed by atoms with van der Waals surface area (Å²) in [6.07, 6.45) is 3.00. The SMILES string of the molecule is C=C(CC)Cn1ccc(CNCCOC)n1. The van der Waals surface area contributed by atoms with Crippen LogP contribution in [-0.2, 0) is 17.8 Å². The first-order chi connectivity index (χ1) is 7.76. The molecule has 4 nitrogen and oxygen atoms in total. The zero-order valence-corrected chi connectivity index (χ0v) is 10.2. The van der Waals surface area contributed by atoms with E-state index in [0.29, 0.717) is 0 Å². The largest absolute Gasteiger partial charge is 0.383 e. The molecule has 0 saturated heterocycles. The van der Waals surface area contributed by atoms with Crippen molar-refractivity contribution < 1.29 is 4.74 Å². The summed E-state index contributed by atoms with van der Waals surface area (Å²) in [6, 6.07) is 2.03. The van der Waals surface area contributed by atoms with Gasteiger partial charge in [-0.3, -0.25) is 4.68 Å². The third-order valence-corrected chi connectivity index (χ3v) is 2.37. The maximum atomic E-state index is 4.95. The molecule has 1 aromatic heterocycles. The van der Waals surface area contributed by atoms with Crippen molar-refractivity contribution in [2.75, 3.05) is 20.3 Å². The minimum absolute atomic E-state index is 0.730. The summed E-state index contributed by atoms with van der Waals surface area (Å²) in [5.41, 5.74) is 2.25. The third kappa shape index (κ3) is 4.59. The van der Waals surface area contributed by atoms with Crippen molar-refractivity contribution in [2.45, 2.75) is 26.4 Å². The second-order valence-corrected chi connectivity index (χ2v) is 3.78. The quantitative estimate of drug-likeness (QED) is 0.537. The molecular weight excluding hydrogens is 202 g/mol. The molecule has 0 atom stereocenters. The first kappa shape index (κ1) is 12.9. The van der Waals surface area contributed by atoms with E-state index < -0.39 is 0 Å². The molecule has 0 amide bonds. The van der Waals surface area contributed by atoms with Crippen LogP contribution < -0.4 is 5.32 Å². The maximum absolute atomic E-state index is 4.95. The van der Waals surface area contributed by atoms with Crippen molar-refractivity contribution in [1.82, 2.24) is 15.1 Å². The van der Waals surface area contributed by atoms with Gasteiger partial charge in [0.05, 0.1) is 18.8 Å². The number of nitrogens with one attached hydrogen (secondary N) is 1. The molecule has 1 aromatic rings. The monoisotopic (exact) mass is 223 g/mol. The summed E-state index contributed by atoms with van der Waals surface area (Å²) in [6.45, 7) is 9.26. The summed E-state index contributed by atoms with van der Waals surface area (Å²) >= 11 is 0. The Balaban J connectivity index is 2.30. The van der Waals surface area contributed by atoms with Crippen LogP contribution in [-0.4, -0.2) is 30.0 Å². The van der Waals surface area contributed by atoms with Crippen LogP contribution in [0.4, 0.5) is 0 Å². The standard InChI is InChI=1S/C12H21N3O/c1-4-11(2)10-15-7-5-12(14-15)9-13-6-8-16-3/h5,7,13H,2,4,6,8-10H2,1,3H3. The van der Waals surface area contributed by atoms with Gasteiger partial charge < -0.3 is 10.1 Å². The Hall–Kier alpha value is -1.13. The molecule has 1 rings (SSSR count).